The number of nitrogens with zero attached hydrogens (tertiary/aromatic N) is 3. The largest absolute Gasteiger partial charge is 0.342 e. The molecule has 1 aliphatic heterocycles. The smallest absolute Gasteiger partial charge is 0.222 e. The minimum absolute atomic E-state index is 0.162. The van der Waals surface area contributed by atoms with Gasteiger partial charge in [0.15, 0.2) is 4.77 Å². The van der Waals surface area contributed by atoms with Gasteiger partial charge in [0.2, 0.25) is 5.91 Å². The Morgan fingerprint density at radius 2 is 2.17 bits per heavy atom. The number of aromatic amines is 1. The van der Waals surface area contributed by atoms with Gasteiger partial charge in [-0.3, -0.25) is 9.89 Å². The van der Waals surface area contributed by atoms with Gasteiger partial charge in [-0.2, -0.15) is 5.10 Å². The monoisotopic (exact) mass is 338 g/mol. The summed E-state index contributed by atoms with van der Waals surface area (Å²) in [6.07, 6.45) is 2.72. The van der Waals surface area contributed by atoms with E-state index in [4.69, 9.17) is 12.2 Å². The molecular formula is C17H30N4OS. The van der Waals surface area contributed by atoms with Crippen molar-refractivity contribution in [2.24, 2.45) is 11.3 Å². The Balaban J connectivity index is 2.06. The predicted molar refractivity (Wildman–Crippen MR) is 94.9 cm³/mol. The van der Waals surface area contributed by atoms with Gasteiger partial charge in [0, 0.05) is 32.0 Å². The summed E-state index contributed by atoms with van der Waals surface area (Å²) in [6, 6.07) is 0. The zero-order valence-electron chi connectivity index (χ0n) is 15.1. The zero-order valence-corrected chi connectivity index (χ0v) is 15.9. The first-order chi connectivity index (χ1) is 10.7. The van der Waals surface area contributed by atoms with E-state index in [0.717, 1.165) is 38.3 Å². The van der Waals surface area contributed by atoms with E-state index in [1.54, 1.807) is 0 Å². The first-order valence-electron chi connectivity index (χ1n) is 8.67. The van der Waals surface area contributed by atoms with Crippen LogP contribution in [-0.2, 0) is 11.3 Å². The predicted octanol–water partition coefficient (Wildman–Crippen LogP) is 3.74. The van der Waals surface area contributed by atoms with E-state index in [1.807, 2.05) is 9.47 Å². The molecule has 0 bridgehead atoms. The molecule has 130 valence electrons. The van der Waals surface area contributed by atoms with Gasteiger partial charge in [0.05, 0.1) is 0 Å². The molecule has 0 unspecified atom stereocenters. The molecule has 2 rings (SSSR count). The normalized spacial score (nSPS) is 20.6. The Morgan fingerprint density at radius 1 is 1.48 bits per heavy atom. The van der Waals surface area contributed by atoms with E-state index in [0.29, 0.717) is 17.1 Å². The second-order valence-corrected chi connectivity index (χ2v) is 8.17. The molecule has 6 heteroatoms. The summed E-state index contributed by atoms with van der Waals surface area (Å²) < 4.78 is 2.72. The fourth-order valence-electron chi connectivity index (χ4n) is 3.06. The second kappa shape index (κ2) is 7.16. The van der Waals surface area contributed by atoms with Crippen molar-refractivity contribution in [2.45, 2.75) is 66.3 Å². The zero-order chi connectivity index (χ0) is 17.2. The topological polar surface area (TPSA) is 53.9 Å². The molecule has 0 aliphatic carbocycles. The highest BCUT2D eigenvalue weighted by molar-refractivity contribution is 7.71. The number of nitrogens with one attached hydrogen (secondary N) is 1. The van der Waals surface area contributed by atoms with Crippen LogP contribution in [0.2, 0.25) is 0 Å². The molecule has 1 amide bonds. The minimum atomic E-state index is 0.162. The standard InChI is InChI=1S/C17H30N4OS/c1-6-21-15(18-19-16(21)23)13-8-7-9-20(11-13)14(22)10-12(2)17(3,4)5/h12-13H,6-11H2,1-5H3,(H,19,23)/t12-,13+/m1/s1. The van der Waals surface area contributed by atoms with E-state index in [2.05, 4.69) is 44.8 Å². The number of piperidine rings is 1. The van der Waals surface area contributed by atoms with Crippen LogP contribution in [0.15, 0.2) is 0 Å². The lowest BCUT2D eigenvalue weighted by Crippen LogP contribution is -2.41. The number of hydrogen-bond donors (Lipinski definition) is 1. The fourth-order valence-corrected chi connectivity index (χ4v) is 3.33. The maximum atomic E-state index is 12.7. The summed E-state index contributed by atoms with van der Waals surface area (Å²) in [5.74, 6) is 1.93. The second-order valence-electron chi connectivity index (χ2n) is 7.78. The minimum Gasteiger partial charge on any atom is -0.342 e. The molecule has 0 saturated carbocycles. The fraction of sp³-hybridized carbons (Fsp3) is 0.824. The van der Waals surface area contributed by atoms with Crippen LogP contribution in [0.1, 0.15) is 65.6 Å². The Labute approximate surface area is 144 Å². The van der Waals surface area contributed by atoms with Crippen LogP contribution in [0.25, 0.3) is 0 Å². The van der Waals surface area contributed by atoms with Crippen molar-refractivity contribution in [3.05, 3.63) is 10.6 Å². The maximum absolute atomic E-state index is 12.7. The highest BCUT2D eigenvalue weighted by Crippen LogP contribution is 2.30. The van der Waals surface area contributed by atoms with E-state index >= 15 is 0 Å². The molecule has 2 heterocycles. The van der Waals surface area contributed by atoms with Crippen molar-refractivity contribution in [3.8, 4) is 0 Å². The van der Waals surface area contributed by atoms with Crippen molar-refractivity contribution >= 4 is 18.1 Å². The molecule has 0 radical (unpaired) electrons. The van der Waals surface area contributed by atoms with E-state index in [-0.39, 0.29) is 17.2 Å². The molecule has 2 atom stereocenters. The number of hydrogen-bond acceptors (Lipinski definition) is 3. The average molecular weight is 339 g/mol. The van der Waals surface area contributed by atoms with Crippen molar-refractivity contribution in [3.63, 3.8) is 0 Å². The molecule has 1 fully saturated rings. The highest BCUT2D eigenvalue weighted by Gasteiger charge is 2.30. The lowest BCUT2D eigenvalue weighted by Gasteiger charge is -2.35. The van der Waals surface area contributed by atoms with Gasteiger partial charge in [-0.05, 0) is 43.3 Å². The number of aromatic nitrogens is 3. The summed E-state index contributed by atoms with van der Waals surface area (Å²) >= 11 is 5.28. The van der Waals surface area contributed by atoms with E-state index < -0.39 is 0 Å². The number of H-pyrrole nitrogens is 1. The summed E-state index contributed by atoms with van der Waals surface area (Å²) in [7, 11) is 0. The third-order valence-electron chi connectivity index (χ3n) is 5.20. The van der Waals surface area contributed by atoms with E-state index in [1.165, 1.54) is 0 Å². The summed E-state index contributed by atoms with van der Waals surface area (Å²) in [6.45, 7) is 13.3. The lowest BCUT2D eigenvalue weighted by atomic mass is 9.80. The number of likely N-dealkylation sites (tertiary alicyclic amines) is 1. The van der Waals surface area contributed by atoms with Gasteiger partial charge in [0.25, 0.3) is 0 Å². The number of amides is 1. The molecule has 1 aromatic heterocycles. The van der Waals surface area contributed by atoms with Gasteiger partial charge in [-0.25, -0.2) is 0 Å². The highest BCUT2D eigenvalue weighted by atomic mass is 32.1. The van der Waals surface area contributed by atoms with Crippen molar-refractivity contribution in [1.29, 1.82) is 0 Å². The molecule has 1 aromatic rings. The van der Waals surface area contributed by atoms with Crippen molar-refractivity contribution in [2.75, 3.05) is 13.1 Å². The lowest BCUT2D eigenvalue weighted by molar-refractivity contribution is -0.134. The van der Waals surface area contributed by atoms with Crippen LogP contribution in [0, 0.1) is 16.1 Å². The van der Waals surface area contributed by atoms with Crippen LogP contribution in [0.3, 0.4) is 0 Å². The molecule has 1 aliphatic rings. The molecule has 0 aromatic carbocycles. The third-order valence-corrected chi connectivity index (χ3v) is 5.51. The number of carbonyl (C=O) groups excluding carboxylic acids is 1. The van der Waals surface area contributed by atoms with Crippen molar-refractivity contribution < 1.29 is 4.79 Å². The first-order valence-corrected chi connectivity index (χ1v) is 9.07. The first kappa shape index (κ1) is 18.2. The van der Waals surface area contributed by atoms with Crippen LogP contribution in [0.5, 0.6) is 0 Å². The SMILES string of the molecule is CCn1c([C@H]2CCCN(C(=O)C[C@@H](C)C(C)(C)C)C2)n[nH]c1=S. The van der Waals surface area contributed by atoms with Crippen LogP contribution in [0.4, 0.5) is 0 Å². The van der Waals surface area contributed by atoms with Gasteiger partial charge >= 0.3 is 0 Å². The van der Waals surface area contributed by atoms with Gasteiger partial charge in [-0.15, -0.1) is 0 Å². The summed E-state index contributed by atoms with van der Waals surface area (Å²) in [5.41, 5.74) is 0.162. The molecule has 23 heavy (non-hydrogen) atoms. The summed E-state index contributed by atoms with van der Waals surface area (Å²) in [4.78, 5) is 14.7. The maximum Gasteiger partial charge on any atom is 0.222 e. The molecule has 1 saturated heterocycles. The summed E-state index contributed by atoms with van der Waals surface area (Å²) in [5, 5.41) is 7.31. The number of rotatable bonds is 4. The van der Waals surface area contributed by atoms with Gasteiger partial charge < -0.3 is 9.47 Å². The molecule has 5 nitrogen and oxygen atoms in total. The molecule has 0 spiro atoms. The van der Waals surface area contributed by atoms with Crippen LogP contribution in [-0.4, -0.2) is 38.7 Å². The van der Waals surface area contributed by atoms with Crippen LogP contribution >= 0.6 is 12.2 Å². The van der Waals surface area contributed by atoms with Gasteiger partial charge in [-0.1, -0.05) is 27.7 Å². The average Bonchev–Trinajstić information content (AvgIpc) is 2.87. The molecule has 1 N–H and O–H groups in total. The number of carbonyl (C=O) groups is 1. The van der Waals surface area contributed by atoms with Crippen LogP contribution < -0.4 is 0 Å². The van der Waals surface area contributed by atoms with Crippen molar-refractivity contribution in [1.82, 2.24) is 19.7 Å². The van der Waals surface area contributed by atoms with E-state index in [9.17, 15) is 4.79 Å². The Kier molecular flexibility index (Phi) is 5.65. The van der Waals surface area contributed by atoms with Gasteiger partial charge in [0.1, 0.15) is 5.82 Å². The Hall–Kier alpha value is -1.17. The Morgan fingerprint density at radius 3 is 2.78 bits per heavy atom. The third kappa shape index (κ3) is 4.22. The molecular weight excluding hydrogens is 308 g/mol. The quantitative estimate of drug-likeness (QED) is 0.851. The Bertz CT molecular complexity index is 598.